The summed E-state index contributed by atoms with van der Waals surface area (Å²) in [5.41, 5.74) is 0. The van der Waals surface area contributed by atoms with Crippen molar-refractivity contribution in [2.45, 2.75) is 53.5 Å². The van der Waals surface area contributed by atoms with Crippen molar-refractivity contribution in [2.75, 3.05) is 26.2 Å². The monoisotopic (exact) mass is 214 g/mol. The van der Waals surface area contributed by atoms with Crippen molar-refractivity contribution in [1.82, 2.24) is 10.2 Å². The fourth-order valence-corrected chi connectivity index (χ4v) is 1.78. The molecule has 0 bridgehead atoms. The highest BCUT2D eigenvalue weighted by Gasteiger charge is 2.08. The largest absolute Gasteiger partial charge is 0.314 e. The second-order valence-corrected chi connectivity index (χ2v) is 4.65. The van der Waals surface area contributed by atoms with Gasteiger partial charge in [-0.25, -0.2) is 0 Å². The standard InChI is InChI=1S/C13H30N2/c1-6-12(4)11-15(8-3)10-9-13(5)14-7-2/h12-14H,6-11H2,1-5H3. The van der Waals surface area contributed by atoms with Crippen molar-refractivity contribution in [3.05, 3.63) is 0 Å². The number of hydrogen-bond acceptors (Lipinski definition) is 2. The fraction of sp³-hybridized carbons (Fsp3) is 1.00. The maximum Gasteiger partial charge on any atom is 0.00507 e. The van der Waals surface area contributed by atoms with Crippen LogP contribution in [0.5, 0.6) is 0 Å². The molecular weight excluding hydrogens is 184 g/mol. The molecule has 0 heterocycles. The van der Waals surface area contributed by atoms with E-state index in [0.29, 0.717) is 6.04 Å². The molecule has 2 unspecified atom stereocenters. The normalized spacial score (nSPS) is 15.6. The third-order valence-electron chi connectivity index (χ3n) is 3.14. The first-order chi connectivity index (χ1) is 7.13. The Morgan fingerprint density at radius 2 is 1.80 bits per heavy atom. The van der Waals surface area contributed by atoms with Gasteiger partial charge in [-0.15, -0.1) is 0 Å². The molecule has 0 rings (SSSR count). The lowest BCUT2D eigenvalue weighted by Crippen LogP contribution is -2.34. The summed E-state index contributed by atoms with van der Waals surface area (Å²) in [6.45, 7) is 16.1. The molecule has 0 saturated carbocycles. The quantitative estimate of drug-likeness (QED) is 0.635. The summed E-state index contributed by atoms with van der Waals surface area (Å²) in [4.78, 5) is 2.57. The number of nitrogens with zero attached hydrogens (tertiary/aromatic N) is 1. The Bertz CT molecular complexity index is 136. The Balaban J connectivity index is 3.69. The van der Waals surface area contributed by atoms with Crippen LogP contribution in [0.3, 0.4) is 0 Å². The summed E-state index contributed by atoms with van der Waals surface area (Å²) in [6, 6.07) is 0.654. The Morgan fingerprint density at radius 1 is 1.13 bits per heavy atom. The van der Waals surface area contributed by atoms with Crippen LogP contribution in [-0.2, 0) is 0 Å². The predicted molar refractivity (Wildman–Crippen MR) is 69.3 cm³/mol. The van der Waals surface area contributed by atoms with Crippen LogP contribution in [0, 0.1) is 5.92 Å². The molecule has 0 fully saturated rings. The highest BCUT2D eigenvalue weighted by atomic mass is 15.1. The average molecular weight is 214 g/mol. The van der Waals surface area contributed by atoms with Gasteiger partial charge in [-0.3, -0.25) is 0 Å². The topological polar surface area (TPSA) is 15.3 Å². The summed E-state index contributed by atoms with van der Waals surface area (Å²) >= 11 is 0. The third-order valence-corrected chi connectivity index (χ3v) is 3.14. The van der Waals surface area contributed by atoms with Crippen LogP contribution in [0.1, 0.15) is 47.5 Å². The van der Waals surface area contributed by atoms with E-state index in [0.717, 1.165) is 12.5 Å². The Labute approximate surface area is 96.4 Å². The molecule has 0 amide bonds. The van der Waals surface area contributed by atoms with Crippen molar-refractivity contribution in [2.24, 2.45) is 5.92 Å². The van der Waals surface area contributed by atoms with Gasteiger partial charge < -0.3 is 10.2 Å². The van der Waals surface area contributed by atoms with Crippen LogP contribution in [0.15, 0.2) is 0 Å². The maximum atomic E-state index is 3.47. The summed E-state index contributed by atoms with van der Waals surface area (Å²) in [6.07, 6.45) is 2.55. The van der Waals surface area contributed by atoms with Crippen LogP contribution >= 0.6 is 0 Å². The maximum absolute atomic E-state index is 3.47. The molecule has 0 aromatic carbocycles. The highest BCUT2D eigenvalue weighted by molar-refractivity contribution is 4.65. The second-order valence-electron chi connectivity index (χ2n) is 4.65. The molecule has 0 aromatic rings. The molecule has 0 aromatic heterocycles. The van der Waals surface area contributed by atoms with E-state index in [-0.39, 0.29) is 0 Å². The fourth-order valence-electron chi connectivity index (χ4n) is 1.78. The van der Waals surface area contributed by atoms with E-state index in [1.807, 2.05) is 0 Å². The summed E-state index contributed by atoms with van der Waals surface area (Å²) < 4.78 is 0. The van der Waals surface area contributed by atoms with Crippen LogP contribution in [-0.4, -0.2) is 37.1 Å². The van der Waals surface area contributed by atoms with E-state index < -0.39 is 0 Å². The Hall–Kier alpha value is -0.0800. The van der Waals surface area contributed by atoms with Gasteiger partial charge in [0.25, 0.3) is 0 Å². The second kappa shape index (κ2) is 9.17. The number of nitrogens with one attached hydrogen (secondary N) is 1. The molecule has 1 N–H and O–H groups in total. The molecule has 0 aliphatic heterocycles. The van der Waals surface area contributed by atoms with E-state index >= 15 is 0 Å². The SMILES string of the molecule is CCNC(C)CCN(CC)CC(C)CC. The molecule has 0 radical (unpaired) electrons. The van der Waals surface area contributed by atoms with Gasteiger partial charge >= 0.3 is 0 Å². The molecule has 2 atom stereocenters. The van der Waals surface area contributed by atoms with Gasteiger partial charge in [0.15, 0.2) is 0 Å². The van der Waals surface area contributed by atoms with E-state index in [1.54, 1.807) is 0 Å². The molecular formula is C13H30N2. The van der Waals surface area contributed by atoms with Crippen LogP contribution in [0.25, 0.3) is 0 Å². The molecule has 92 valence electrons. The van der Waals surface area contributed by atoms with Crippen molar-refractivity contribution in [3.8, 4) is 0 Å². The van der Waals surface area contributed by atoms with Crippen molar-refractivity contribution < 1.29 is 0 Å². The van der Waals surface area contributed by atoms with Gasteiger partial charge in [0, 0.05) is 12.6 Å². The minimum atomic E-state index is 0.654. The van der Waals surface area contributed by atoms with Crippen LogP contribution in [0.4, 0.5) is 0 Å². The minimum Gasteiger partial charge on any atom is -0.314 e. The number of hydrogen-bond donors (Lipinski definition) is 1. The third kappa shape index (κ3) is 7.80. The lowest BCUT2D eigenvalue weighted by atomic mass is 10.1. The predicted octanol–water partition coefficient (Wildman–Crippen LogP) is 2.74. The molecule has 0 aliphatic rings. The van der Waals surface area contributed by atoms with E-state index in [2.05, 4.69) is 44.8 Å². The zero-order chi connectivity index (χ0) is 11.7. The van der Waals surface area contributed by atoms with Crippen molar-refractivity contribution >= 4 is 0 Å². The smallest absolute Gasteiger partial charge is 0.00507 e. The Morgan fingerprint density at radius 3 is 2.27 bits per heavy atom. The zero-order valence-electron chi connectivity index (χ0n) is 11.3. The zero-order valence-corrected chi connectivity index (χ0v) is 11.3. The molecule has 0 spiro atoms. The molecule has 2 nitrogen and oxygen atoms in total. The van der Waals surface area contributed by atoms with Gasteiger partial charge in [0.2, 0.25) is 0 Å². The molecule has 0 saturated heterocycles. The first-order valence-corrected chi connectivity index (χ1v) is 6.59. The van der Waals surface area contributed by atoms with Crippen LogP contribution < -0.4 is 5.32 Å². The first kappa shape index (κ1) is 14.9. The van der Waals surface area contributed by atoms with Crippen molar-refractivity contribution in [3.63, 3.8) is 0 Å². The van der Waals surface area contributed by atoms with E-state index in [1.165, 1.54) is 32.5 Å². The Kier molecular flexibility index (Phi) is 9.12. The molecule has 15 heavy (non-hydrogen) atoms. The molecule has 0 aliphatic carbocycles. The molecule has 2 heteroatoms. The van der Waals surface area contributed by atoms with Gasteiger partial charge in [0.1, 0.15) is 0 Å². The average Bonchev–Trinajstić information content (AvgIpc) is 2.24. The van der Waals surface area contributed by atoms with Gasteiger partial charge in [-0.1, -0.05) is 34.1 Å². The lowest BCUT2D eigenvalue weighted by molar-refractivity contribution is 0.234. The van der Waals surface area contributed by atoms with Gasteiger partial charge in [0.05, 0.1) is 0 Å². The van der Waals surface area contributed by atoms with Crippen molar-refractivity contribution in [1.29, 1.82) is 0 Å². The van der Waals surface area contributed by atoms with E-state index in [4.69, 9.17) is 0 Å². The summed E-state index contributed by atoms with van der Waals surface area (Å²) in [7, 11) is 0. The summed E-state index contributed by atoms with van der Waals surface area (Å²) in [5, 5.41) is 3.47. The van der Waals surface area contributed by atoms with Gasteiger partial charge in [-0.05, 0) is 38.9 Å². The van der Waals surface area contributed by atoms with Gasteiger partial charge in [-0.2, -0.15) is 0 Å². The lowest BCUT2D eigenvalue weighted by Gasteiger charge is -2.25. The van der Waals surface area contributed by atoms with E-state index in [9.17, 15) is 0 Å². The first-order valence-electron chi connectivity index (χ1n) is 6.59. The number of rotatable bonds is 9. The minimum absolute atomic E-state index is 0.654. The summed E-state index contributed by atoms with van der Waals surface area (Å²) in [5.74, 6) is 0.833. The highest BCUT2D eigenvalue weighted by Crippen LogP contribution is 2.05. The van der Waals surface area contributed by atoms with Crippen LogP contribution in [0.2, 0.25) is 0 Å².